The minimum absolute atomic E-state index is 0.0118. The van der Waals surface area contributed by atoms with Gasteiger partial charge in [-0.25, -0.2) is 9.29 Å². The topological polar surface area (TPSA) is 73.0 Å². The molecule has 3 saturated heterocycles. The van der Waals surface area contributed by atoms with E-state index in [1.807, 2.05) is 35.2 Å². The van der Waals surface area contributed by atoms with E-state index in [9.17, 15) is 18.8 Å². The van der Waals surface area contributed by atoms with Gasteiger partial charge in [0, 0.05) is 18.8 Å². The highest BCUT2D eigenvalue weighted by Gasteiger charge is 2.52. The second kappa shape index (κ2) is 7.46. The lowest BCUT2D eigenvalue weighted by Crippen LogP contribution is -2.58. The third-order valence-electron chi connectivity index (χ3n) is 6.68. The van der Waals surface area contributed by atoms with Crippen LogP contribution >= 0.6 is 0 Å². The molecule has 1 atom stereocenters. The summed E-state index contributed by atoms with van der Waals surface area (Å²) in [5.41, 5.74) is 0.738. The predicted octanol–water partition coefficient (Wildman–Crippen LogP) is 1.89. The van der Waals surface area contributed by atoms with Crippen molar-refractivity contribution in [2.24, 2.45) is 0 Å². The molecule has 2 aromatic carbocycles. The number of piperidine rings is 1. The molecule has 3 heterocycles. The van der Waals surface area contributed by atoms with Crippen molar-refractivity contribution in [1.29, 1.82) is 0 Å². The number of hydrogen-bond donors (Lipinski definition) is 1. The summed E-state index contributed by atoms with van der Waals surface area (Å²) in [5, 5.41) is 2.97. The number of nitrogens with one attached hydrogen (secondary N) is 1. The van der Waals surface area contributed by atoms with Crippen molar-refractivity contribution in [3.8, 4) is 0 Å². The van der Waals surface area contributed by atoms with E-state index >= 15 is 0 Å². The third kappa shape index (κ3) is 3.18. The maximum absolute atomic E-state index is 13.2. The number of likely N-dealkylation sites (tertiary alicyclic amines) is 1. The van der Waals surface area contributed by atoms with E-state index in [4.69, 9.17) is 0 Å². The Labute approximate surface area is 179 Å². The first-order chi connectivity index (χ1) is 15.0. The lowest BCUT2D eigenvalue weighted by Gasteiger charge is -2.44. The van der Waals surface area contributed by atoms with Gasteiger partial charge in [-0.3, -0.25) is 19.3 Å². The first-order valence-electron chi connectivity index (χ1n) is 10.5. The van der Waals surface area contributed by atoms with Crippen LogP contribution in [0.15, 0.2) is 54.6 Å². The molecular weight excluding hydrogens is 399 g/mol. The van der Waals surface area contributed by atoms with Gasteiger partial charge in [0.15, 0.2) is 0 Å². The molecule has 3 aliphatic heterocycles. The molecule has 3 fully saturated rings. The van der Waals surface area contributed by atoms with Gasteiger partial charge in [0.1, 0.15) is 11.4 Å². The van der Waals surface area contributed by atoms with Gasteiger partial charge in [0.2, 0.25) is 11.8 Å². The second-order valence-electron chi connectivity index (χ2n) is 8.26. The summed E-state index contributed by atoms with van der Waals surface area (Å²) in [5.74, 6) is -0.980. The van der Waals surface area contributed by atoms with Crippen LogP contribution in [-0.4, -0.2) is 54.0 Å². The summed E-state index contributed by atoms with van der Waals surface area (Å²) in [7, 11) is 0. The summed E-state index contributed by atoms with van der Waals surface area (Å²) in [4.78, 5) is 43.7. The van der Waals surface area contributed by atoms with Crippen LogP contribution < -0.4 is 15.1 Å². The Bertz CT molecular complexity index is 1020. The maximum atomic E-state index is 13.2. The quantitative estimate of drug-likeness (QED) is 0.765. The SMILES string of the molecule is O=C1CC(N2CCC3(CC2)C(=O)NCN3c2ccccc2)C(=O)N1c1ccc(F)cc1. The smallest absolute Gasteiger partial charge is 0.251 e. The van der Waals surface area contributed by atoms with Gasteiger partial charge in [-0.15, -0.1) is 0 Å². The fourth-order valence-corrected chi connectivity index (χ4v) is 5.00. The zero-order valence-corrected chi connectivity index (χ0v) is 17.0. The molecule has 3 aliphatic rings. The lowest BCUT2D eigenvalue weighted by molar-refractivity contribution is -0.126. The van der Waals surface area contributed by atoms with Crippen molar-refractivity contribution in [3.05, 3.63) is 60.4 Å². The molecule has 8 heteroatoms. The minimum Gasteiger partial charge on any atom is -0.339 e. The molecule has 1 spiro atoms. The van der Waals surface area contributed by atoms with Crippen LogP contribution in [-0.2, 0) is 14.4 Å². The normalized spacial score (nSPS) is 23.6. The van der Waals surface area contributed by atoms with Gasteiger partial charge in [0.25, 0.3) is 5.91 Å². The van der Waals surface area contributed by atoms with Crippen molar-refractivity contribution in [1.82, 2.24) is 10.2 Å². The first-order valence-corrected chi connectivity index (χ1v) is 10.5. The standard InChI is InChI=1S/C23H23FN4O3/c24-16-6-8-18(9-7-16)28-20(29)14-19(21(28)30)26-12-10-23(11-13-26)22(31)25-15-27(23)17-4-2-1-3-5-17/h1-9,19H,10-15H2,(H,25,31). The maximum Gasteiger partial charge on any atom is 0.251 e. The monoisotopic (exact) mass is 422 g/mol. The third-order valence-corrected chi connectivity index (χ3v) is 6.68. The Hall–Kier alpha value is -3.26. The van der Waals surface area contributed by atoms with E-state index in [1.54, 1.807) is 0 Å². The number of nitrogens with zero attached hydrogens (tertiary/aromatic N) is 3. The molecule has 160 valence electrons. The van der Waals surface area contributed by atoms with Crippen molar-refractivity contribution < 1.29 is 18.8 Å². The summed E-state index contributed by atoms with van der Waals surface area (Å²) < 4.78 is 13.2. The fourth-order valence-electron chi connectivity index (χ4n) is 5.00. The number of para-hydroxylation sites is 1. The van der Waals surface area contributed by atoms with Crippen LogP contribution in [0, 0.1) is 5.82 Å². The molecule has 3 amide bonds. The molecule has 5 rings (SSSR count). The van der Waals surface area contributed by atoms with Crippen LogP contribution in [0.2, 0.25) is 0 Å². The summed E-state index contributed by atoms with van der Waals surface area (Å²) >= 11 is 0. The number of amides is 3. The van der Waals surface area contributed by atoms with Gasteiger partial charge in [-0.1, -0.05) is 18.2 Å². The Morgan fingerprint density at radius 2 is 1.58 bits per heavy atom. The average molecular weight is 422 g/mol. The average Bonchev–Trinajstić information content (AvgIpc) is 3.26. The molecule has 1 unspecified atom stereocenters. The second-order valence-corrected chi connectivity index (χ2v) is 8.26. The highest BCUT2D eigenvalue weighted by Crippen LogP contribution is 2.37. The number of imide groups is 1. The summed E-state index contributed by atoms with van der Waals surface area (Å²) in [6, 6.07) is 14.7. The van der Waals surface area contributed by atoms with Crippen LogP contribution in [0.5, 0.6) is 0 Å². The largest absolute Gasteiger partial charge is 0.339 e. The molecule has 7 nitrogen and oxygen atoms in total. The number of carbonyl (C=O) groups is 3. The van der Waals surface area contributed by atoms with E-state index < -0.39 is 17.4 Å². The van der Waals surface area contributed by atoms with Gasteiger partial charge in [-0.05, 0) is 49.2 Å². The number of halogens is 1. The van der Waals surface area contributed by atoms with E-state index in [0.29, 0.717) is 38.3 Å². The van der Waals surface area contributed by atoms with Crippen molar-refractivity contribution in [2.45, 2.75) is 30.8 Å². The van der Waals surface area contributed by atoms with E-state index in [-0.39, 0.29) is 24.1 Å². The Kier molecular flexibility index (Phi) is 4.74. The molecule has 2 aromatic rings. The number of benzene rings is 2. The Morgan fingerprint density at radius 3 is 2.26 bits per heavy atom. The Morgan fingerprint density at radius 1 is 0.903 bits per heavy atom. The van der Waals surface area contributed by atoms with Crippen LogP contribution in [0.1, 0.15) is 19.3 Å². The van der Waals surface area contributed by atoms with Gasteiger partial charge in [0.05, 0.1) is 24.8 Å². The van der Waals surface area contributed by atoms with Gasteiger partial charge >= 0.3 is 0 Å². The molecule has 0 aromatic heterocycles. The van der Waals surface area contributed by atoms with Crippen LogP contribution in [0.3, 0.4) is 0 Å². The first kappa shape index (κ1) is 19.7. The number of hydrogen-bond acceptors (Lipinski definition) is 5. The molecular formula is C23H23FN4O3. The van der Waals surface area contributed by atoms with Crippen molar-refractivity contribution in [2.75, 3.05) is 29.6 Å². The molecule has 0 saturated carbocycles. The summed E-state index contributed by atoms with van der Waals surface area (Å²) in [6.07, 6.45) is 1.24. The van der Waals surface area contributed by atoms with Gasteiger partial charge < -0.3 is 10.2 Å². The fraction of sp³-hybridized carbons (Fsp3) is 0.348. The highest BCUT2D eigenvalue weighted by atomic mass is 19.1. The number of carbonyl (C=O) groups excluding carboxylic acids is 3. The van der Waals surface area contributed by atoms with Crippen LogP contribution in [0.25, 0.3) is 0 Å². The Balaban J connectivity index is 1.32. The lowest BCUT2D eigenvalue weighted by atomic mass is 9.85. The molecule has 0 radical (unpaired) electrons. The van der Waals surface area contributed by atoms with E-state index in [0.717, 1.165) is 10.6 Å². The molecule has 0 aliphatic carbocycles. The molecule has 1 N–H and O–H groups in total. The minimum atomic E-state index is -0.639. The van der Waals surface area contributed by atoms with Crippen molar-refractivity contribution >= 4 is 29.1 Å². The van der Waals surface area contributed by atoms with E-state index in [2.05, 4.69) is 10.2 Å². The zero-order chi connectivity index (χ0) is 21.6. The van der Waals surface area contributed by atoms with Crippen molar-refractivity contribution in [3.63, 3.8) is 0 Å². The predicted molar refractivity (Wildman–Crippen MR) is 113 cm³/mol. The highest BCUT2D eigenvalue weighted by molar-refractivity contribution is 6.22. The zero-order valence-electron chi connectivity index (χ0n) is 17.0. The van der Waals surface area contributed by atoms with Crippen LogP contribution in [0.4, 0.5) is 15.8 Å². The number of rotatable bonds is 3. The molecule has 0 bridgehead atoms. The summed E-state index contributed by atoms with van der Waals surface area (Å²) in [6.45, 7) is 1.54. The van der Waals surface area contributed by atoms with Gasteiger partial charge in [-0.2, -0.15) is 0 Å². The molecule has 31 heavy (non-hydrogen) atoms. The van der Waals surface area contributed by atoms with E-state index in [1.165, 1.54) is 24.3 Å². The number of anilines is 2.